The van der Waals surface area contributed by atoms with Gasteiger partial charge >= 0.3 is 0 Å². The predicted octanol–water partition coefficient (Wildman–Crippen LogP) is 4.93. The van der Waals surface area contributed by atoms with E-state index >= 15 is 0 Å². The van der Waals surface area contributed by atoms with Crippen LogP contribution in [0.2, 0.25) is 0 Å². The van der Waals surface area contributed by atoms with Crippen molar-refractivity contribution < 1.29 is 26.4 Å². The number of pyridine rings is 1. The lowest BCUT2D eigenvalue weighted by Crippen LogP contribution is -2.41. The molecule has 2 aliphatic rings. The molecule has 6 rings (SSSR count). The molecule has 0 spiro atoms. The average Bonchev–Trinajstić information content (AvgIpc) is 3.34. The van der Waals surface area contributed by atoms with Gasteiger partial charge in [0.1, 0.15) is 17.5 Å². The van der Waals surface area contributed by atoms with Crippen molar-refractivity contribution in [1.82, 2.24) is 14.3 Å². The Kier molecular flexibility index (Phi) is 6.13. The van der Waals surface area contributed by atoms with Crippen LogP contribution in [0, 0.1) is 17.5 Å². The first kappa shape index (κ1) is 25.4. The number of carbonyl (C=O) groups is 1. The minimum Gasteiger partial charge on any atom is -0.364 e. The van der Waals surface area contributed by atoms with Crippen LogP contribution in [-0.4, -0.2) is 35.2 Å². The van der Waals surface area contributed by atoms with Crippen LogP contribution in [0.1, 0.15) is 53.2 Å². The van der Waals surface area contributed by atoms with Crippen LogP contribution in [0.3, 0.4) is 0 Å². The third-order valence-corrected chi connectivity index (χ3v) is 9.84. The molecule has 2 fully saturated rings. The zero-order valence-corrected chi connectivity index (χ0v) is 21.6. The number of amides is 1. The molecule has 1 atom stereocenters. The summed E-state index contributed by atoms with van der Waals surface area (Å²) in [5, 5.41) is 4.19. The number of sulfonamides is 1. The van der Waals surface area contributed by atoms with Gasteiger partial charge in [0.25, 0.3) is 5.91 Å². The van der Waals surface area contributed by atoms with Crippen LogP contribution < -0.4 is 9.62 Å². The van der Waals surface area contributed by atoms with Crippen LogP contribution in [0.25, 0.3) is 5.52 Å². The SMILES string of the molecule is O=C(NS(=O)(=O)C1(Cc2ccc(F)cc2)CC1)c1cnn2ccc(N3CCCC3c3cc(F)ccc3F)cc12. The highest BCUT2D eigenvalue weighted by atomic mass is 32.2. The number of carbonyl (C=O) groups excluding carboxylic acids is 1. The topological polar surface area (TPSA) is 83.8 Å². The summed E-state index contributed by atoms with van der Waals surface area (Å²) < 4.78 is 70.8. The molecular formula is C28H25F3N4O3S. The third kappa shape index (κ3) is 4.64. The maximum atomic E-state index is 14.6. The van der Waals surface area contributed by atoms with E-state index in [9.17, 15) is 26.4 Å². The lowest BCUT2D eigenvalue weighted by Gasteiger charge is -2.27. The number of nitrogens with one attached hydrogen (secondary N) is 1. The maximum absolute atomic E-state index is 14.6. The standard InChI is InChI=1S/C28H25F3N4O3S/c29-19-5-3-18(4-6-19)16-28(10-11-28)39(37,38)33-27(36)23-17-32-35-13-9-21(15-26(23)35)34-12-1-2-25(34)22-14-20(30)7-8-24(22)31/h3-9,13-15,17,25H,1-2,10-12,16H2,(H,33,36). The highest BCUT2D eigenvalue weighted by Gasteiger charge is 2.55. The van der Waals surface area contributed by atoms with Gasteiger partial charge in [-0.2, -0.15) is 5.10 Å². The smallest absolute Gasteiger partial charge is 0.268 e. The number of halogens is 3. The molecule has 0 bridgehead atoms. The minimum absolute atomic E-state index is 0.0747. The Morgan fingerprint density at radius 2 is 1.77 bits per heavy atom. The fraction of sp³-hybridized carbons (Fsp3) is 0.286. The summed E-state index contributed by atoms with van der Waals surface area (Å²) in [6, 6.07) is 12.1. The molecule has 2 aromatic heterocycles. The summed E-state index contributed by atoms with van der Waals surface area (Å²) in [6.45, 7) is 0.604. The highest BCUT2D eigenvalue weighted by Crippen LogP contribution is 2.46. The van der Waals surface area contributed by atoms with Gasteiger partial charge < -0.3 is 4.90 Å². The molecule has 1 N–H and O–H groups in total. The third-order valence-electron chi connectivity index (χ3n) is 7.70. The summed E-state index contributed by atoms with van der Waals surface area (Å²) >= 11 is 0. The molecule has 4 aromatic rings. The van der Waals surface area contributed by atoms with E-state index in [4.69, 9.17) is 0 Å². The summed E-state index contributed by atoms with van der Waals surface area (Å²) in [7, 11) is -4.05. The van der Waals surface area contributed by atoms with E-state index in [1.807, 2.05) is 4.90 Å². The van der Waals surface area contributed by atoms with Crippen molar-refractivity contribution in [1.29, 1.82) is 0 Å². The Hall–Kier alpha value is -3.86. The Morgan fingerprint density at radius 3 is 2.51 bits per heavy atom. The fourth-order valence-electron chi connectivity index (χ4n) is 5.43. The second-order valence-electron chi connectivity index (χ2n) is 10.2. The van der Waals surface area contributed by atoms with E-state index in [0.717, 1.165) is 18.6 Å². The van der Waals surface area contributed by atoms with Gasteiger partial charge in [-0.25, -0.2) is 30.8 Å². The number of rotatable bonds is 7. The molecule has 7 nitrogen and oxygen atoms in total. The van der Waals surface area contributed by atoms with Gasteiger partial charge in [-0.05, 0) is 80.1 Å². The monoisotopic (exact) mass is 554 g/mol. The van der Waals surface area contributed by atoms with Gasteiger partial charge in [0.05, 0.1) is 28.1 Å². The van der Waals surface area contributed by atoms with Crippen molar-refractivity contribution in [2.45, 2.75) is 42.9 Å². The fourth-order valence-corrected chi connectivity index (χ4v) is 7.00. The number of hydrogen-bond acceptors (Lipinski definition) is 5. The quantitative estimate of drug-likeness (QED) is 0.350. The lowest BCUT2D eigenvalue weighted by atomic mass is 10.0. The second-order valence-corrected chi connectivity index (χ2v) is 12.3. The lowest BCUT2D eigenvalue weighted by molar-refractivity contribution is 0.0982. The number of nitrogens with zero attached hydrogens (tertiary/aromatic N) is 3. The van der Waals surface area contributed by atoms with Crippen LogP contribution in [0.4, 0.5) is 18.9 Å². The van der Waals surface area contributed by atoms with E-state index in [1.165, 1.54) is 28.9 Å². The largest absolute Gasteiger partial charge is 0.364 e. The molecule has 1 amide bonds. The molecule has 1 aliphatic carbocycles. The summed E-state index contributed by atoms with van der Waals surface area (Å²) in [4.78, 5) is 15.2. The Morgan fingerprint density at radius 1 is 1.03 bits per heavy atom. The van der Waals surface area contributed by atoms with Gasteiger partial charge in [0.2, 0.25) is 10.0 Å². The Balaban J connectivity index is 1.26. The Labute approximate surface area is 223 Å². The van der Waals surface area contributed by atoms with Crippen molar-refractivity contribution >= 4 is 27.1 Å². The number of aromatic nitrogens is 2. The highest BCUT2D eigenvalue weighted by molar-refractivity contribution is 7.91. The maximum Gasteiger partial charge on any atom is 0.268 e. The average molecular weight is 555 g/mol. The van der Waals surface area contributed by atoms with Crippen LogP contribution in [0.5, 0.6) is 0 Å². The number of benzene rings is 2. The van der Waals surface area contributed by atoms with Gasteiger partial charge in [0, 0.05) is 24.0 Å². The van der Waals surface area contributed by atoms with Gasteiger partial charge in [-0.1, -0.05) is 12.1 Å². The second kappa shape index (κ2) is 9.41. The molecule has 2 aromatic carbocycles. The van der Waals surface area contributed by atoms with E-state index in [1.54, 1.807) is 30.5 Å². The molecule has 1 aliphatic heterocycles. The number of fused-ring (bicyclic) bond motifs is 1. The Bertz CT molecular complexity index is 1680. The number of anilines is 1. The van der Waals surface area contributed by atoms with E-state index in [-0.39, 0.29) is 23.6 Å². The molecule has 11 heteroatoms. The van der Waals surface area contributed by atoms with Crippen molar-refractivity contribution in [3.8, 4) is 0 Å². The summed E-state index contributed by atoms with van der Waals surface area (Å²) in [5.41, 5.74) is 2.07. The van der Waals surface area contributed by atoms with Crippen LogP contribution in [0.15, 0.2) is 67.0 Å². The molecule has 0 radical (unpaired) electrons. The summed E-state index contributed by atoms with van der Waals surface area (Å²) in [6.07, 6.45) is 5.29. The molecular weight excluding hydrogens is 529 g/mol. The minimum atomic E-state index is -4.05. The first-order valence-electron chi connectivity index (χ1n) is 12.7. The number of hydrogen-bond donors (Lipinski definition) is 1. The molecule has 1 saturated carbocycles. The van der Waals surface area contributed by atoms with E-state index < -0.39 is 38.1 Å². The predicted molar refractivity (Wildman–Crippen MR) is 139 cm³/mol. The van der Waals surface area contributed by atoms with E-state index in [0.29, 0.717) is 42.6 Å². The molecule has 202 valence electrons. The van der Waals surface area contributed by atoms with Crippen molar-refractivity contribution in [2.24, 2.45) is 0 Å². The van der Waals surface area contributed by atoms with E-state index in [2.05, 4.69) is 9.82 Å². The normalized spacial score (nSPS) is 18.4. The summed E-state index contributed by atoms with van der Waals surface area (Å²) in [5.74, 6) is -2.22. The first-order chi connectivity index (χ1) is 18.7. The zero-order valence-electron chi connectivity index (χ0n) is 20.8. The van der Waals surface area contributed by atoms with Gasteiger partial charge in [-0.15, -0.1) is 0 Å². The zero-order chi connectivity index (χ0) is 27.4. The van der Waals surface area contributed by atoms with Crippen molar-refractivity contribution in [3.63, 3.8) is 0 Å². The van der Waals surface area contributed by atoms with Gasteiger partial charge in [-0.3, -0.25) is 4.79 Å². The molecule has 39 heavy (non-hydrogen) atoms. The first-order valence-corrected chi connectivity index (χ1v) is 14.1. The van der Waals surface area contributed by atoms with Gasteiger partial charge in [0.15, 0.2) is 0 Å². The van der Waals surface area contributed by atoms with Crippen LogP contribution in [-0.2, 0) is 16.4 Å². The van der Waals surface area contributed by atoms with Crippen molar-refractivity contribution in [3.05, 3.63) is 101 Å². The molecule has 1 unspecified atom stereocenters. The van der Waals surface area contributed by atoms with Crippen LogP contribution >= 0.6 is 0 Å². The molecule has 3 heterocycles. The van der Waals surface area contributed by atoms with Crippen molar-refractivity contribution in [2.75, 3.05) is 11.4 Å². The molecule has 1 saturated heterocycles.